The maximum absolute atomic E-state index is 13.0. The van der Waals surface area contributed by atoms with E-state index in [4.69, 9.17) is 16.3 Å². The molecule has 25 heavy (non-hydrogen) atoms. The van der Waals surface area contributed by atoms with Crippen LogP contribution in [0.2, 0.25) is 5.02 Å². The van der Waals surface area contributed by atoms with Gasteiger partial charge in [-0.2, -0.15) is 0 Å². The summed E-state index contributed by atoms with van der Waals surface area (Å²) in [7, 11) is 3.37. The van der Waals surface area contributed by atoms with Crippen molar-refractivity contribution in [3.05, 3.63) is 64.4 Å². The van der Waals surface area contributed by atoms with Crippen LogP contribution in [0.15, 0.2) is 42.5 Å². The number of nitrogens with zero attached hydrogens (tertiary/aromatic N) is 1. The molecule has 0 aliphatic heterocycles. The van der Waals surface area contributed by atoms with Crippen molar-refractivity contribution in [2.45, 2.75) is 6.54 Å². The second-order valence-electron chi connectivity index (χ2n) is 5.54. The molecule has 0 heterocycles. The average molecular weight is 365 g/mol. The van der Waals surface area contributed by atoms with Gasteiger partial charge in [0, 0.05) is 32.3 Å². The predicted molar refractivity (Wildman–Crippen MR) is 93.2 cm³/mol. The summed E-state index contributed by atoms with van der Waals surface area (Å²) in [5.41, 5.74) is 1.44. The molecular formula is C18H18ClFN2O3. The van der Waals surface area contributed by atoms with E-state index in [-0.39, 0.29) is 23.4 Å². The second-order valence-corrected chi connectivity index (χ2v) is 5.95. The van der Waals surface area contributed by atoms with Crippen LogP contribution in [0.25, 0.3) is 0 Å². The van der Waals surface area contributed by atoms with Gasteiger partial charge < -0.3 is 15.0 Å². The van der Waals surface area contributed by atoms with Crippen LogP contribution >= 0.6 is 11.6 Å². The molecule has 0 aliphatic carbocycles. The molecule has 2 aromatic rings. The molecule has 0 fully saturated rings. The van der Waals surface area contributed by atoms with Gasteiger partial charge in [0.05, 0.1) is 5.02 Å². The maximum Gasteiger partial charge on any atom is 0.258 e. The Morgan fingerprint density at radius 1 is 1.16 bits per heavy atom. The molecule has 0 aromatic heterocycles. The lowest BCUT2D eigenvalue weighted by Crippen LogP contribution is -2.28. The zero-order valence-electron chi connectivity index (χ0n) is 13.9. The minimum absolute atomic E-state index is 0.0646. The molecule has 0 spiro atoms. The highest BCUT2D eigenvalue weighted by Gasteiger charge is 2.08. The normalized spacial score (nSPS) is 10.2. The quantitative estimate of drug-likeness (QED) is 0.857. The molecule has 1 N–H and O–H groups in total. The van der Waals surface area contributed by atoms with Gasteiger partial charge in [0.2, 0.25) is 0 Å². The first-order valence-corrected chi connectivity index (χ1v) is 7.90. The lowest BCUT2D eigenvalue weighted by atomic mass is 10.1. The van der Waals surface area contributed by atoms with Gasteiger partial charge in [0.1, 0.15) is 11.6 Å². The van der Waals surface area contributed by atoms with Crippen molar-refractivity contribution in [2.24, 2.45) is 0 Å². The van der Waals surface area contributed by atoms with E-state index >= 15 is 0 Å². The summed E-state index contributed by atoms with van der Waals surface area (Å²) < 4.78 is 18.3. The summed E-state index contributed by atoms with van der Waals surface area (Å²) >= 11 is 5.64. The van der Waals surface area contributed by atoms with E-state index in [9.17, 15) is 14.0 Å². The fourth-order valence-corrected chi connectivity index (χ4v) is 2.16. The highest BCUT2D eigenvalue weighted by atomic mass is 35.5. The number of ether oxygens (including phenoxy) is 1. The number of carbonyl (C=O) groups excluding carboxylic acids is 2. The molecule has 2 aromatic carbocycles. The zero-order valence-corrected chi connectivity index (χ0v) is 14.6. The fourth-order valence-electron chi connectivity index (χ4n) is 1.99. The van der Waals surface area contributed by atoms with Crippen molar-refractivity contribution in [3.8, 4) is 5.75 Å². The van der Waals surface area contributed by atoms with Gasteiger partial charge in [-0.15, -0.1) is 0 Å². The van der Waals surface area contributed by atoms with Gasteiger partial charge in [-0.05, 0) is 29.8 Å². The average Bonchev–Trinajstić information content (AvgIpc) is 2.60. The first-order valence-electron chi connectivity index (χ1n) is 7.52. The summed E-state index contributed by atoms with van der Waals surface area (Å²) in [6.45, 7) is 0.0992. The molecule has 0 atom stereocenters. The molecule has 0 aliphatic rings. The number of carbonyl (C=O) groups is 2. The molecule has 0 radical (unpaired) electrons. The van der Waals surface area contributed by atoms with Gasteiger partial charge in [-0.3, -0.25) is 9.59 Å². The summed E-state index contributed by atoms with van der Waals surface area (Å²) in [6, 6.07) is 10.8. The van der Waals surface area contributed by atoms with E-state index in [0.717, 1.165) is 5.56 Å². The van der Waals surface area contributed by atoms with E-state index < -0.39 is 5.82 Å². The Balaban J connectivity index is 1.81. The molecule has 132 valence electrons. The van der Waals surface area contributed by atoms with Crippen LogP contribution in [-0.2, 0) is 11.3 Å². The van der Waals surface area contributed by atoms with E-state index in [1.807, 2.05) is 0 Å². The smallest absolute Gasteiger partial charge is 0.258 e. The van der Waals surface area contributed by atoms with Crippen LogP contribution in [0.3, 0.4) is 0 Å². The van der Waals surface area contributed by atoms with E-state index in [0.29, 0.717) is 17.9 Å². The SMILES string of the molecule is CN(C)C(=O)c1ccc(CNC(=O)COc2ccc(F)c(Cl)c2)cc1. The first kappa shape index (κ1) is 18.7. The van der Waals surface area contributed by atoms with Crippen molar-refractivity contribution in [1.29, 1.82) is 0 Å². The third-order valence-electron chi connectivity index (χ3n) is 3.36. The van der Waals surface area contributed by atoms with Crippen LogP contribution in [0.1, 0.15) is 15.9 Å². The van der Waals surface area contributed by atoms with Crippen LogP contribution in [0, 0.1) is 5.82 Å². The predicted octanol–water partition coefficient (Wildman–Crippen LogP) is 2.88. The number of nitrogens with one attached hydrogen (secondary N) is 1. The summed E-state index contributed by atoms with van der Waals surface area (Å²) in [5, 5.41) is 2.64. The Hall–Kier alpha value is -2.60. The van der Waals surface area contributed by atoms with Gasteiger partial charge in [0.15, 0.2) is 6.61 Å². The van der Waals surface area contributed by atoms with E-state index in [1.165, 1.54) is 23.1 Å². The van der Waals surface area contributed by atoms with Gasteiger partial charge in [0.25, 0.3) is 11.8 Å². The molecule has 7 heteroatoms. The lowest BCUT2D eigenvalue weighted by Gasteiger charge is -2.11. The number of hydrogen-bond acceptors (Lipinski definition) is 3. The van der Waals surface area contributed by atoms with E-state index in [2.05, 4.69) is 5.32 Å². The Labute approximate surface area is 150 Å². The van der Waals surface area contributed by atoms with Crippen LogP contribution in [-0.4, -0.2) is 37.4 Å². The summed E-state index contributed by atoms with van der Waals surface area (Å²) in [4.78, 5) is 25.1. The Bertz CT molecular complexity index is 763. The standard InChI is InChI=1S/C18H18ClFN2O3/c1-22(2)18(24)13-5-3-12(4-6-13)10-21-17(23)11-25-14-7-8-16(20)15(19)9-14/h3-9H,10-11H2,1-2H3,(H,21,23). The number of amides is 2. The summed E-state index contributed by atoms with van der Waals surface area (Å²) in [5.74, 6) is -0.640. The molecule has 0 saturated heterocycles. The number of rotatable bonds is 6. The summed E-state index contributed by atoms with van der Waals surface area (Å²) in [6.07, 6.45) is 0. The van der Waals surface area contributed by atoms with Crippen molar-refractivity contribution in [2.75, 3.05) is 20.7 Å². The largest absolute Gasteiger partial charge is 0.484 e. The van der Waals surface area contributed by atoms with Crippen molar-refractivity contribution in [1.82, 2.24) is 10.2 Å². The number of benzene rings is 2. The Kier molecular flexibility index (Phi) is 6.36. The van der Waals surface area contributed by atoms with Crippen LogP contribution < -0.4 is 10.1 Å². The van der Waals surface area contributed by atoms with Crippen molar-refractivity contribution < 1.29 is 18.7 Å². The lowest BCUT2D eigenvalue weighted by molar-refractivity contribution is -0.123. The second kappa shape index (κ2) is 8.48. The topological polar surface area (TPSA) is 58.6 Å². The molecular weight excluding hydrogens is 347 g/mol. The maximum atomic E-state index is 13.0. The Morgan fingerprint density at radius 3 is 2.44 bits per heavy atom. The van der Waals surface area contributed by atoms with Gasteiger partial charge in [-0.25, -0.2) is 4.39 Å². The highest BCUT2D eigenvalue weighted by Crippen LogP contribution is 2.20. The number of halogens is 2. The minimum atomic E-state index is -0.547. The monoisotopic (exact) mass is 364 g/mol. The zero-order chi connectivity index (χ0) is 18.4. The molecule has 0 unspecified atom stereocenters. The van der Waals surface area contributed by atoms with Crippen LogP contribution in [0.4, 0.5) is 4.39 Å². The Morgan fingerprint density at radius 2 is 1.84 bits per heavy atom. The first-order chi connectivity index (χ1) is 11.9. The molecule has 2 rings (SSSR count). The third kappa shape index (κ3) is 5.46. The molecule has 5 nitrogen and oxygen atoms in total. The van der Waals surface area contributed by atoms with Crippen molar-refractivity contribution >= 4 is 23.4 Å². The fraction of sp³-hybridized carbons (Fsp3) is 0.222. The van der Waals surface area contributed by atoms with E-state index in [1.54, 1.807) is 38.4 Å². The van der Waals surface area contributed by atoms with Crippen molar-refractivity contribution in [3.63, 3.8) is 0 Å². The van der Waals surface area contributed by atoms with Gasteiger partial charge in [-0.1, -0.05) is 23.7 Å². The molecule has 0 bridgehead atoms. The third-order valence-corrected chi connectivity index (χ3v) is 3.65. The number of hydrogen-bond donors (Lipinski definition) is 1. The molecule has 2 amide bonds. The molecule has 0 saturated carbocycles. The van der Waals surface area contributed by atoms with Gasteiger partial charge >= 0.3 is 0 Å². The van der Waals surface area contributed by atoms with Crippen LogP contribution in [0.5, 0.6) is 5.75 Å². The highest BCUT2D eigenvalue weighted by molar-refractivity contribution is 6.30. The minimum Gasteiger partial charge on any atom is -0.484 e.